The van der Waals surface area contributed by atoms with Gasteiger partial charge in [0, 0.05) is 13.1 Å². The lowest BCUT2D eigenvalue weighted by molar-refractivity contribution is -0.141. The van der Waals surface area contributed by atoms with E-state index in [2.05, 4.69) is 26.1 Å². The summed E-state index contributed by atoms with van der Waals surface area (Å²) >= 11 is 0. The number of rotatable bonds is 12. The monoisotopic (exact) mass is 424 g/mol. The Morgan fingerprint density at radius 2 is 1.68 bits per heavy atom. The largest absolute Gasteiger partial charge is 0.484 e. The van der Waals surface area contributed by atoms with Crippen molar-refractivity contribution >= 4 is 11.8 Å². The molecule has 31 heavy (non-hydrogen) atoms. The Hall–Kier alpha value is -2.82. The highest BCUT2D eigenvalue weighted by Crippen LogP contribution is 2.18. The fourth-order valence-corrected chi connectivity index (χ4v) is 3.28. The maximum Gasteiger partial charge on any atom is 0.261 e. The predicted molar refractivity (Wildman–Crippen MR) is 125 cm³/mol. The van der Waals surface area contributed by atoms with Gasteiger partial charge in [-0.15, -0.1) is 0 Å². The summed E-state index contributed by atoms with van der Waals surface area (Å²) in [6, 6.07) is 17.2. The van der Waals surface area contributed by atoms with Crippen LogP contribution in [0.1, 0.15) is 57.6 Å². The van der Waals surface area contributed by atoms with Crippen LogP contribution in [0, 0.1) is 0 Å². The van der Waals surface area contributed by atoms with Gasteiger partial charge in [-0.1, -0.05) is 69.7 Å². The molecule has 5 heteroatoms. The number of nitrogens with one attached hydrogen (secondary N) is 1. The van der Waals surface area contributed by atoms with E-state index in [1.807, 2.05) is 54.6 Å². The van der Waals surface area contributed by atoms with Crippen molar-refractivity contribution in [3.05, 3.63) is 65.7 Å². The third-order valence-electron chi connectivity index (χ3n) is 5.39. The van der Waals surface area contributed by atoms with Crippen LogP contribution in [0.5, 0.6) is 5.75 Å². The van der Waals surface area contributed by atoms with Gasteiger partial charge in [-0.3, -0.25) is 9.59 Å². The van der Waals surface area contributed by atoms with Crippen LogP contribution in [0.15, 0.2) is 54.6 Å². The summed E-state index contributed by atoms with van der Waals surface area (Å²) in [5, 5.41) is 2.93. The van der Waals surface area contributed by atoms with Crippen molar-refractivity contribution in [3.8, 4) is 5.75 Å². The van der Waals surface area contributed by atoms with Crippen LogP contribution < -0.4 is 10.1 Å². The molecule has 0 unspecified atom stereocenters. The number of hydrogen-bond acceptors (Lipinski definition) is 3. The van der Waals surface area contributed by atoms with Gasteiger partial charge in [0.25, 0.3) is 5.91 Å². The Balaban J connectivity index is 2.02. The Bertz CT molecular complexity index is 803. The smallest absolute Gasteiger partial charge is 0.261 e. The van der Waals surface area contributed by atoms with Crippen LogP contribution in [0.25, 0.3) is 0 Å². The van der Waals surface area contributed by atoms with Gasteiger partial charge in [0.2, 0.25) is 5.91 Å². The first-order chi connectivity index (χ1) is 14.9. The van der Waals surface area contributed by atoms with E-state index in [-0.39, 0.29) is 18.4 Å². The first kappa shape index (κ1) is 24.4. The maximum atomic E-state index is 13.0. The van der Waals surface area contributed by atoms with Crippen LogP contribution >= 0.6 is 0 Å². The number of amides is 2. The lowest BCUT2D eigenvalue weighted by atomic mass is 10.0. The van der Waals surface area contributed by atoms with E-state index in [4.69, 9.17) is 4.74 Å². The molecule has 0 aliphatic rings. The van der Waals surface area contributed by atoms with Gasteiger partial charge in [0.1, 0.15) is 11.8 Å². The quantitative estimate of drug-likeness (QED) is 0.508. The van der Waals surface area contributed by atoms with Gasteiger partial charge in [-0.25, -0.2) is 0 Å². The van der Waals surface area contributed by atoms with Crippen LogP contribution in [-0.2, 0) is 16.0 Å². The molecule has 2 rings (SSSR count). The van der Waals surface area contributed by atoms with Crippen molar-refractivity contribution in [1.29, 1.82) is 0 Å². The molecule has 0 heterocycles. The fourth-order valence-electron chi connectivity index (χ4n) is 3.28. The van der Waals surface area contributed by atoms with Crippen LogP contribution in [0.2, 0.25) is 0 Å². The second-order valence-electron chi connectivity index (χ2n) is 8.16. The number of carbonyl (C=O) groups is 2. The van der Waals surface area contributed by atoms with Crippen molar-refractivity contribution in [2.24, 2.45) is 0 Å². The summed E-state index contributed by atoms with van der Waals surface area (Å²) in [6.07, 6.45) is 2.61. The standard InChI is InChI=1S/C26H36N2O3/c1-5-6-17-27-26(30)21(4)28(18-16-22-10-8-7-9-11-22)25(29)19-31-24-14-12-23(13-15-24)20(2)3/h7-15,20-21H,5-6,16-19H2,1-4H3,(H,27,30)/t21-/m1/s1. The van der Waals surface area contributed by atoms with Crippen molar-refractivity contribution in [2.75, 3.05) is 19.7 Å². The molecule has 2 aromatic rings. The molecular weight excluding hydrogens is 388 g/mol. The molecule has 0 aliphatic carbocycles. The van der Waals surface area contributed by atoms with E-state index < -0.39 is 6.04 Å². The van der Waals surface area contributed by atoms with Gasteiger partial charge in [0.05, 0.1) is 0 Å². The minimum Gasteiger partial charge on any atom is -0.484 e. The van der Waals surface area contributed by atoms with Crippen molar-refractivity contribution < 1.29 is 14.3 Å². The Kier molecular flexibility index (Phi) is 10.1. The van der Waals surface area contributed by atoms with E-state index in [0.29, 0.717) is 31.2 Å². The van der Waals surface area contributed by atoms with Crippen LogP contribution in [0.4, 0.5) is 0 Å². The van der Waals surface area contributed by atoms with Crippen LogP contribution in [-0.4, -0.2) is 42.5 Å². The summed E-state index contributed by atoms with van der Waals surface area (Å²) in [6.45, 7) is 9.12. The molecular formula is C26H36N2O3. The number of ether oxygens (including phenoxy) is 1. The molecule has 1 N–H and O–H groups in total. The third kappa shape index (κ3) is 8.08. The minimum absolute atomic E-state index is 0.0948. The number of nitrogens with zero attached hydrogens (tertiary/aromatic N) is 1. The number of unbranched alkanes of at least 4 members (excludes halogenated alkanes) is 1. The highest BCUT2D eigenvalue weighted by atomic mass is 16.5. The number of hydrogen-bond donors (Lipinski definition) is 1. The SMILES string of the molecule is CCCCNC(=O)[C@@H](C)N(CCc1ccccc1)C(=O)COc1ccc(C(C)C)cc1. The molecule has 0 fully saturated rings. The molecule has 0 aromatic heterocycles. The zero-order valence-corrected chi connectivity index (χ0v) is 19.3. The van der Waals surface area contributed by atoms with Crippen LogP contribution in [0.3, 0.4) is 0 Å². The van der Waals surface area contributed by atoms with Gasteiger partial charge in [0.15, 0.2) is 6.61 Å². The molecule has 2 aromatic carbocycles. The van der Waals surface area contributed by atoms with Gasteiger partial charge in [-0.2, -0.15) is 0 Å². The third-order valence-corrected chi connectivity index (χ3v) is 5.39. The first-order valence-electron chi connectivity index (χ1n) is 11.3. The zero-order chi connectivity index (χ0) is 22.6. The molecule has 168 valence electrons. The molecule has 0 bridgehead atoms. The topological polar surface area (TPSA) is 58.6 Å². The minimum atomic E-state index is -0.556. The van der Waals surface area contributed by atoms with Gasteiger partial charge < -0.3 is 15.0 Å². The van der Waals surface area contributed by atoms with Crippen molar-refractivity contribution in [3.63, 3.8) is 0 Å². The predicted octanol–water partition coefficient (Wildman–Crippen LogP) is 4.56. The van der Waals surface area contributed by atoms with E-state index >= 15 is 0 Å². The summed E-state index contributed by atoms with van der Waals surface area (Å²) in [4.78, 5) is 27.2. The summed E-state index contributed by atoms with van der Waals surface area (Å²) in [7, 11) is 0. The Morgan fingerprint density at radius 3 is 2.29 bits per heavy atom. The second-order valence-corrected chi connectivity index (χ2v) is 8.16. The van der Waals surface area contributed by atoms with Crippen molar-refractivity contribution in [1.82, 2.24) is 10.2 Å². The molecule has 0 radical (unpaired) electrons. The van der Waals surface area contributed by atoms with Crippen molar-refractivity contribution in [2.45, 2.75) is 58.9 Å². The van der Waals surface area contributed by atoms with Gasteiger partial charge in [-0.05, 0) is 48.9 Å². The Labute approximate surface area is 186 Å². The van der Waals surface area contributed by atoms with E-state index in [0.717, 1.165) is 18.4 Å². The summed E-state index contributed by atoms with van der Waals surface area (Å²) in [5.41, 5.74) is 2.35. The Morgan fingerprint density at radius 1 is 1.00 bits per heavy atom. The number of benzene rings is 2. The van der Waals surface area contributed by atoms with E-state index in [1.165, 1.54) is 5.56 Å². The fraction of sp³-hybridized carbons (Fsp3) is 0.462. The molecule has 0 saturated heterocycles. The average molecular weight is 425 g/mol. The first-order valence-corrected chi connectivity index (χ1v) is 11.3. The molecule has 0 spiro atoms. The summed E-state index contributed by atoms with van der Waals surface area (Å²) in [5.74, 6) is 0.773. The molecule has 1 atom stereocenters. The number of carbonyl (C=O) groups excluding carboxylic acids is 2. The van der Waals surface area contributed by atoms with Gasteiger partial charge >= 0.3 is 0 Å². The molecule has 5 nitrogen and oxygen atoms in total. The lowest BCUT2D eigenvalue weighted by Gasteiger charge is -2.28. The second kappa shape index (κ2) is 12.8. The van der Waals surface area contributed by atoms with E-state index in [9.17, 15) is 9.59 Å². The van der Waals surface area contributed by atoms with E-state index in [1.54, 1.807) is 11.8 Å². The molecule has 0 saturated carbocycles. The summed E-state index contributed by atoms with van der Waals surface area (Å²) < 4.78 is 5.74. The molecule has 2 amide bonds. The average Bonchev–Trinajstić information content (AvgIpc) is 2.78. The maximum absolute atomic E-state index is 13.0. The lowest BCUT2D eigenvalue weighted by Crippen LogP contribution is -2.50. The normalized spacial score (nSPS) is 11.8. The molecule has 0 aliphatic heterocycles. The zero-order valence-electron chi connectivity index (χ0n) is 19.3. The highest BCUT2D eigenvalue weighted by Gasteiger charge is 2.25. The highest BCUT2D eigenvalue weighted by molar-refractivity contribution is 5.87.